The van der Waals surface area contributed by atoms with Gasteiger partial charge in [0.2, 0.25) is 5.91 Å². The van der Waals surface area contributed by atoms with Crippen LogP contribution in [0.2, 0.25) is 0 Å². The number of likely N-dealkylation sites (tertiary alicyclic amines) is 1. The van der Waals surface area contributed by atoms with Crippen LogP contribution in [0.5, 0.6) is 5.75 Å². The molecule has 0 bridgehead atoms. The molecule has 1 fully saturated rings. The number of hydrogen-bond acceptors (Lipinski definition) is 3. The molecule has 3 amide bonds. The maximum absolute atomic E-state index is 12.6. The summed E-state index contributed by atoms with van der Waals surface area (Å²) in [6, 6.07) is 12.2. The van der Waals surface area contributed by atoms with E-state index in [0.717, 1.165) is 24.0 Å². The molecule has 0 spiro atoms. The molecule has 4 N–H and O–H groups in total. The van der Waals surface area contributed by atoms with Crippen molar-refractivity contribution in [3.8, 4) is 5.75 Å². The minimum atomic E-state index is -0.521. The van der Waals surface area contributed by atoms with Crippen molar-refractivity contribution in [2.45, 2.75) is 25.7 Å². The number of amides is 3. The van der Waals surface area contributed by atoms with E-state index in [2.05, 4.69) is 5.32 Å². The lowest BCUT2D eigenvalue weighted by molar-refractivity contribution is 0.1000. The number of nitrogens with two attached hydrogens (primary N) is 1. The SMILES string of the molecule is Cc1ccc(C(N)=O)cc1NC(=O)N1CCC(c2cccc(O)c2)CC1. The van der Waals surface area contributed by atoms with Crippen LogP contribution < -0.4 is 11.1 Å². The van der Waals surface area contributed by atoms with Crippen molar-refractivity contribution in [3.05, 3.63) is 59.2 Å². The summed E-state index contributed by atoms with van der Waals surface area (Å²) in [7, 11) is 0. The highest BCUT2D eigenvalue weighted by Crippen LogP contribution is 2.30. The third kappa shape index (κ3) is 3.96. The molecule has 6 heteroatoms. The van der Waals surface area contributed by atoms with E-state index in [1.165, 1.54) is 0 Å². The molecule has 1 aliphatic heterocycles. The summed E-state index contributed by atoms with van der Waals surface area (Å²) >= 11 is 0. The van der Waals surface area contributed by atoms with Gasteiger partial charge < -0.3 is 21.1 Å². The van der Waals surface area contributed by atoms with Gasteiger partial charge in [-0.25, -0.2) is 4.79 Å². The van der Waals surface area contributed by atoms with Crippen LogP contribution in [0.15, 0.2) is 42.5 Å². The zero-order valence-corrected chi connectivity index (χ0v) is 14.7. The Labute approximate surface area is 152 Å². The molecule has 0 saturated carbocycles. The highest BCUT2D eigenvalue weighted by atomic mass is 16.3. The Bertz CT molecular complexity index is 827. The summed E-state index contributed by atoms with van der Waals surface area (Å²) in [5.41, 5.74) is 8.25. The summed E-state index contributed by atoms with van der Waals surface area (Å²) in [5, 5.41) is 12.5. The van der Waals surface area contributed by atoms with Gasteiger partial charge in [0.1, 0.15) is 5.75 Å². The first kappa shape index (κ1) is 17.8. The van der Waals surface area contributed by atoms with E-state index in [0.29, 0.717) is 30.3 Å². The molecule has 0 radical (unpaired) electrons. The number of aryl methyl sites for hydroxylation is 1. The minimum Gasteiger partial charge on any atom is -0.508 e. The predicted octanol–water partition coefficient (Wildman–Crippen LogP) is 3.21. The number of hydrogen-bond donors (Lipinski definition) is 3. The van der Waals surface area contributed by atoms with E-state index in [4.69, 9.17) is 5.73 Å². The van der Waals surface area contributed by atoms with Crippen LogP contribution in [0.3, 0.4) is 0 Å². The highest BCUT2D eigenvalue weighted by Gasteiger charge is 2.24. The fourth-order valence-corrected chi connectivity index (χ4v) is 3.30. The highest BCUT2D eigenvalue weighted by molar-refractivity contribution is 5.96. The molecule has 136 valence electrons. The number of benzene rings is 2. The maximum atomic E-state index is 12.6. The van der Waals surface area contributed by atoms with Crippen LogP contribution in [0.1, 0.15) is 40.2 Å². The largest absolute Gasteiger partial charge is 0.508 e. The number of phenolic OH excluding ortho intramolecular Hbond substituents is 1. The number of nitrogens with one attached hydrogen (secondary N) is 1. The molecule has 3 rings (SSSR count). The van der Waals surface area contributed by atoms with Crippen LogP contribution in [-0.4, -0.2) is 35.0 Å². The fraction of sp³-hybridized carbons (Fsp3) is 0.300. The van der Waals surface area contributed by atoms with Crippen LogP contribution >= 0.6 is 0 Å². The summed E-state index contributed by atoms with van der Waals surface area (Å²) in [6.07, 6.45) is 1.69. The molecule has 0 unspecified atom stereocenters. The first-order valence-corrected chi connectivity index (χ1v) is 8.69. The fourth-order valence-electron chi connectivity index (χ4n) is 3.30. The molecule has 1 aliphatic rings. The van der Waals surface area contributed by atoms with Gasteiger partial charge in [-0.2, -0.15) is 0 Å². The average Bonchev–Trinajstić information content (AvgIpc) is 2.63. The molecule has 0 aromatic heterocycles. The van der Waals surface area contributed by atoms with E-state index in [-0.39, 0.29) is 11.8 Å². The van der Waals surface area contributed by atoms with Crippen molar-refractivity contribution in [2.24, 2.45) is 5.73 Å². The molecule has 2 aromatic rings. The Morgan fingerprint density at radius 3 is 2.54 bits per heavy atom. The minimum absolute atomic E-state index is 0.177. The van der Waals surface area contributed by atoms with Gasteiger partial charge in [0.15, 0.2) is 0 Å². The first-order valence-electron chi connectivity index (χ1n) is 8.69. The quantitative estimate of drug-likeness (QED) is 0.790. The summed E-state index contributed by atoms with van der Waals surface area (Å²) in [5.74, 6) is 0.0889. The summed E-state index contributed by atoms with van der Waals surface area (Å²) in [6.45, 7) is 3.15. The van der Waals surface area contributed by atoms with Crippen LogP contribution in [0.25, 0.3) is 0 Å². The topological polar surface area (TPSA) is 95.7 Å². The number of urea groups is 1. The molecule has 26 heavy (non-hydrogen) atoms. The van der Waals surface area contributed by atoms with Crippen molar-refractivity contribution in [1.82, 2.24) is 4.90 Å². The monoisotopic (exact) mass is 353 g/mol. The predicted molar refractivity (Wildman–Crippen MR) is 100 cm³/mol. The van der Waals surface area contributed by atoms with E-state index >= 15 is 0 Å². The standard InChI is InChI=1S/C20H23N3O3/c1-13-5-6-16(19(21)25)12-18(13)22-20(26)23-9-7-14(8-10-23)15-3-2-4-17(24)11-15/h2-6,11-12,14,24H,7-10H2,1H3,(H2,21,25)(H,22,26). The number of carbonyl (C=O) groups is 2. The second kappa shape index (κ2) is 7.47. The molecule has 0 atom stereocenters. The van der Waals surface area contributed by atoms with Gasteiger partial charge in [-0.15, -0.1) is 0 Å². The molecule has 2 aromatic carbocycles. The van der Waals surface area contributed by atoms with Gasteiger partial charge >= 0.3 is 6.03 Å². The van der Waals surface area contributed by atoms with E-state index in [1.54, 1.807) is 35.2 Å². The third-order valence-corrected chi connectivity index (χ3v) is 4.89. The average molecular weight is 353 g/mol. The first-order chi connectivity index (χ1) is 12.4. The van der Waals surface area contributed by atoms with E-state index in [9.17, 15) is 14.7 Å². The molecule has 1 saturated heterocycles. The number of carbonyl (C=O) groups excluding carboxylic acids is 2. The Kier molecular flexibility index (Phi) is 5.11. The van der Waals surface area contributed by atoms with Crippen LogP contribution in [0, 0.1) is 6.92 Å². The van der Waals surface area contributed by atoms with E-state index in [1.807, 2.05) is 19.1 Å². The number of aromatic hydroxyl groups is 1. The smallest absolute Gasteiger partial charge is 0.321 e. The number of piperidine rings is 1. The summed E-state index contributed by atoms with van der Waals surface area (Å²) < 4.78 is 0. The lowest BCUT2D eigenvalue weighted by Gasteiger charge is -2.32. The Morgan fingerprint density at radius 1 is 1.15 bits per heavy atom. The van der Waals surface area contributed by atoms with Gasteiger partial charge in [0.25, 0.3) is 0 Å². The number of nitrogens with zero attached hydrogens (tertiary/aromatic N) is 1. The Morgan fingerprint density at radius 2 is 1.88 bits per heavy atom. The lowest BCUT2D eigenvalue weighted by Crippen LogP contribution is -2.40. The second-order valence-electron chi connectivity index (χ2n) is 6.68. The number of anilines is 1. The van der Waals surface area contributed by atoms with Crippen molar-refractivity contribution >= 4 is 17.6 Å². The Balaban J connectivity index is 1.62. The molecule has 0 aliphatic carbocycles. The number of rotatable bonds is 3. The molecule has 6 nitrogen and oxygen atoms in total. The van der Waals surface area contributed by atoms with Gasteiger partial charge in [-0.1, -0.05) is 18.2 Å². The maximum Gasteiger partial charge on any atom is 0.321 e. The Hall–Kier alpha value is -3.02. The van der Waals surface area contributed by atoms with E-state index < -0.39 is 5.91 Å². The molecule has 1 heterocycles. The zero-order chi connectivity index (χ0) is 18.7. The second-order valence-corrected chi connectivity index (χ2v) is 6.68. The van der Waals surface area contributed by atoms with Crippen LogP contribution in [-0.2, 0) is 0 Å². The van der Waals surface area contributed by atoms with Gasteiger partial charge in [0, 0.05) is 24.3 Å². The van der Waals surface area contributed by atoms with Gasteiger partial charge in [-0.3, -0.25) is 4.79 Å². The van der Waals surface area contributed by atoms with Gasteiger partial charge in [0.05, 0.1) is 0 Å². The summed E-state index contributed by atoms with van der Waals surface area (Å²) in [4.78, 5) is 25.7. The zero-order valence-electron chi connectivity index (χ0n) is 14.7. The van der Waals surface area contributed by atoms with Crippen molar-refractivity contribution in [1.29, 1.82) is 0 Å². The van der Waals surface area contributed by atoms with Crippen LogP contribution in [0.4, 0.5) is 10.5 Å². The normalized spacial score (nSPS) is 14.9. The molecular formula is C20H23N3O3. The lowest BCUT2D eigenvalue weighted by atomic mass is 9.89. The van der Waals surface area contributed by atoms with Crippen molar-refractivity contribution in [3.63, 3.8) is 0 Å². The van der Waals surface area contributed by atoms with Crippen molar-refractivity contribution < 1.29 is 14.7 Å². The van der Waals surface area contributed by atoms with Gasteiger partial charge in [-0.05, 0) is 61.1 Å². The van der Waals surface area contributed by atoms with Crippen molar-refractivity contribution in [2.75, 3.05) is 18.4 Å². The number of phenols is 1. The number of primary amides is 1. The molecular weight excluding hydrogens is 330 g/mol. The third-order valence-electron chi connectivity index (χ3n) is 4.89.